The van der Waals surface area contributed by atoms with Crippen molar-refractivity contribution in [3.8, 4) is 5.69 Å². The molecule has 0 bridgehead atoms. The molecule has 2 aromatic heterocycles. The predicted octanol–water partition coefficient (Wildman–Crippen LogP) is 3.03. The van der Waals surface area contributed by atoms with Gasteiger partial charge in [-0.25, -0.2) is 9.07 Å². The molecule has 1 amide bonds. The number of rotatable bonds is 3. The fraction of sp³-hybridized carbons (Fsp3) is 0.389. The van der Waals surface area contributed by atoms with Crippen molar-refractivity contribution in [2.75, 3.05) is 18.0 Å². The number of carbonyl (C=O) groups is 1. The predicted molar refractivity (Wildman–Crippen MR) is 100 cm³/mol. The summed E-state index contributed by atoms with van der Waals surface area (Å²) in [6.45, 7) is 5.26. The van der Waals surface area contributed by atoms with Crippen LogP contribution in [0.1, 0.15) is 25.5 Å². The molecule has 0 saturated carbocycles. The van der Waals surface area contributed by atoms with E-state index in [-0.39, 0.29) is 17.8 Å². The first-order valence-electron chi connectivity index (χ1n) is 8.65. The van der Waals surface area contributed by atoms with Gasteiger partial charge < -0.3 is 10.2 Å². The molecule has 1 aliphatic rings. The number of hydrogen-bond acceptors (Lipinski definition) is 5. The fourth-order valence-electron chi connectivity index (χ4n) is 3.32. The van der Waals surface area contributed by atoms with Gasteiger partial charge in [-0.3, -0.25) is 4.79 Å². The summed E-state index contributed by atoms with van der Waals surface area (Å²) in [6.07, 6.45) is 1.83. The van der Waals surface area contributed by atoms with E-state index in [1.807, 2.05) is 6.92 Å². The first-order valence-corrected chi connectivity index (χ1v) is 9.47. The normalized spacial score (nSPS) is 15.6. The third-order valence-electron chi connectivity index (χ3n) is 4.62. The highest BCUT2D eigenvalue weighted by Gasteiger charge is 2.24. The molecule has 8 heteroatoms. The van der Waals surface area contributed by atoms with Crippen molar-refractivity contribution >= 4 is 32.7 Å². The smallest absolute Gasteiger partial charge is 0.217 e. The number of piperidine rings is 1. The highest BCUT2D eigenvalue weighted by molar-refractivity contribution is 7.22. The van der Waals surface area contributed by atoms with E-state index in [9.17, 15) is 9.18 Å². The van der Waals surface area contributed by atoms with Crippen LogP contribution in [0.25, 0.3) is 16.0 Å². The molecule has 4 rings (SSSR count). The molecule has 1 aliphatic heterocycles. The maximum absolute atomic E-state index is 13.2. The molecule has 0 unspecified atom stereocenters. The van der Waals surface area contributed by atoms with Crippen LogP contribution in [0.2, 0.25) is 0 Å². The summed E-state index contributed by atoms with van der Waals surface area (Å²) in [4.78, 5) is 18.3. The van der Waals surface area contributed by atoms with E-state index in [1.165, 1.54) is 12.1 Å². The molecule has 1 aromatic carbocycles. The van der Waals surface area contributed by atoms with E-state index in [2.05, 4.69) is 15.3 Å². The summed E-state index contributed by atoms with van der Waals surface area (Å²) >= 11 is 1.63. The van der Waals surface area contributed by atoms with Gasteiger partial charge in [0.25, 0.3) is 0 Å². The van der Waals surface area contributed by atoms with Gasteiger partial charge in [-0.1, -0.05) is 11.3 Å². The molecule has 26 heavy (non-hydrogen) atoms. The van der Waals surface area contributed by atoms with Gasteiger partial charge in [0, 0.05) is 26.1 Å². The van der Waals surface area contributed by atoms with Crippen molar-refractivity contribution in [1.82, 2.24) is 20.1 Å². The third kappa shape index (κ3) is 3.16. The molecule has 1 fully saturated rings. The van der Waals surface area contributed by atoms with Gasteiger partial charge in [0.05, 0.1) is 16.1 Å². The van der Waals surface area contributed by atoms with Crippen molar-refractivity contribution in [3.05, 3.63) is 35.8 Å². The van der Waals surface area contributed by atoms with E-state index in [1.54, 1.807) is 35.1 Å². The third-order valence-corrected chi connectivity index (χ3v) is 5.84. The number of anilines is 1. The van der Waals surface area contributed by atoms with Gasteiger partial charge in [0.15, 0.2) is 10.8 Å². The lowest BCUT2D eigenvalue weighted by molar-refractivity contribution is -0.119. The van der Waals surface area contributed by atoms with E-state index >= 15 is 0 Å². The molecule has 136 valence electrons. The Balaban J connectivity index is 1.60. The summed E-state index contributed by atoms with van der Waals surface area (Å²) in [5.74, 6) is -0.242. The number of nitrogens with zero attached hydrogens (tertiary/aromatic N) is 4. The number of aryl methyl sites for hydroxylation is 1. The van der Waals surface area contributed by atoms with Gasteiger partial charge in [0.2, 0.25) is 5.91 Å². The van der Waals surface area contributed by atoms with Gasteiger partial charge in [-0.05, 0) is 44.0 Å². The van der Waals surface area contributed by atoms with Crippen molar-refractivity contribution in [2.24, 2.45) is 0 Å². The Morgan fingerprint density at radius 2 is 1.96 bits per heavy atom. The van der Waals surface area contributed by atoms with E-state index in [4.69, 9.17) is 4.98 Å². The van der Waals surface area contributed by atoms with Crippen molar-refractivity contribution in [2.45, 2.75) is 32.7 Å². The zero-order chi connectivity index (χ0) is 18.3. The summed E-state index contributed by atoms with van der Waals surface area (Å²) < 4.78 is 16.0. The van der Waals surface area contributed by atoms with Crippen LogP contribution < -0.4 is 10.2 Å². The van der Waals surface area contributed by atoms with Gasteiger partial charge in [-0.2, -0.15) is 10.1 Å². The Morgan fingerprint density at radius 3 is 2.62 bits per heavy atom. The van der Waals surface area contributed by atoms with Crippen LogP contribution in [0.15, 0.2) is 24.3 Å². The SMILES string of the molecule is CC(=O)NC1CCN(c2nc3c(s2)c(C)nn3-c2ccc(F)cc2)CC1. The summed E-state index contributed by atoms with van der Waals surface area (Å²) in [7, 11) is 0. The van der Waals surface area contributed by atoms with Crippen LogP contribution in [0.3, 0.4) is 0 Å². The fourth-order valence-corrected chi connectivity index (χ4v) is 4.36. The zero-order valence-corrected chi connectivity index (χ0v) is 15.5. The van der Waals surface area contributed by atoms with Crippen molar-refractivity contribution < 1.29 is 9.18 Å². The van der Waals surface area contributed by atoms with Crippen LogP contribution in [0.5, 0.6) is 0 Å². The topological polar surface area (TPSA) is 63.1 Å². The van der Waals surface area contributed by atoms with Crippen molar-refractivity contribution in [1.29, 1.82) is 0 Å². The first kappa shape index (κ1) is 17.0. The minimum atomic E-state index is -0.269. The van der Waals surface area contributed by atoms with Gasteiger partial charge >= 0.3 is 0 Å². The number of carbonyl (C=O) groups excluding carboxylic acids is 1. The minimum absolute atomic E-state index is 0.0263. The summed E-state index contributed by atoms with van der Waals surface area (Å²) in [5, 5.41) is 8.52. The second kappa shape index (κ2) is 6.68. The molecule has 1 saturated heterocycles. The Morgan fingerprint density at radius 1 is 1.27 bits per heavy atom. The number of aromatic nitrogens is 3. The number of hydrogen-bond donors (Lipinski definition) is 1. The molecule has 3 aromatic rings. The molecule has 0 radical (unpaired) electrons. The van der Waals surface area contributed by atoms with E-state index in [0.29, 0.717) is 0 Å². The number of amides is 1. The number of nitrogens with one attached hydrogen (secondary N) is 1. The molecular weight excluding hydrogens is 353 g/mol. The van der Waals surface area contributed by atoms with Crippen LogP contribution in [-0.4, -0.2) is 39.8 Å². The van der Waals surface area contributed by atoms with Crippen molar-refractivity contribution in [3.63, 3.8) is 0 Å². The highest BCUT2D eigenvalue weighted by atomic mass is 32.1. The molecule has 3 heterocycles. The Bertz CT molecular complexity index is 941. The highest BCUT2D eigenvalue weighted by Crippen LogP contribution is 2.33. The lowest BCUT2D eigenvalue weighted by atomic mass is 10.1. The maximum atomic E-state index is 13.2. The van der Waals surface area contributed by atoms with Crippen LogP contribution in [-0.2, 0) is 4.79 Å². The average molecular weight is 373 g/mol. The molecule has 0 atom stereocenters. The summed E-state index contributed by atoms with van der Waals surface area (Å²) in [5.41, 5.74) is 2.52. The van der Waals surface area contributed by atoms with E-state index in [0.717, 1.165) is 52.8 Å². The maximum Gasteiger partial charge on any atom is 0.217 e. The van der Waals surface area contributed by atoms with Gasteiger partial charge in [0.1, 0.15) is 5.82 Å². The Kier molecular flexibility index (Phi) is 4.36. The van der Waals surface area contributed by atoms with Gasteiger partial charge in [-0.15, -0.1) is 0 Å². The quantitative estimate of drug-likeness (QED) is 0.767. The molecule has 0 spiro atoms. The second-order valence-corrected chi connectivity index (χ2v) is 7.56. The van der Waals surface area contributed by atoms with Crippen LogP contribution in [0.4, 0.5) is 9.52 Å². The number of fused-ring (bicyclic) bond motifs is 1. The van der Waals surface area contributed by atoms with Crippen LogP contribution in [0, 0.1) is 12.7 Å². The Labute approximate surface area is 154 Å². The number of benzene rings is 1. The second-order valence-electron chi connectivity index (χ2n) is 6.58. The standard InChI is InChI=1S/C18H20FN5OS/c1-11-16-17(24(22-11)15-5-3-13(19)4-6-15)21-18(26-16)23-9-7-14(8-10-23)20-12(2)25/h3-6,14H,7-10H2,1-2H3,(H,20,25). The lowest BCUT2D eigenvalue weighted by Gasteiger charge is -2.31. The first-order chi connectivity index (χ1) is 12.5. The Hall–Kier alpha value is -2.48. The van der Waals surface area contributed by atoms with Crippen LogP contribution >= 0.6 is 11.3 Å². The average Bonchev–Trinajstić information content (AvgIpc) is 3.17. The molecule has 1 N–H and O–H groups in total. The monoisotopic (exact) mass is 373 g/mol. The summed E-state index contributed by atoms with van der Waals surface area (Å²) in [6, 6.07) is 6.52. The number of halogens is 1. The zero-order valence-electron chi connectivity index (χ0n) is 14.7. The largest absolute Gasteiger partial charge is 0.353 e. The number of thiazole rings is 1. The minimum Gasteiger partial charge on any atom is -0.353 e. The molecule has 6 nitrogen and oxygen atoms in total. The molecular formula is C18H20FN5OS. The molecule has 0 aliphatic carbocycles. The van der Waals surface area contributed by atoms with E-state index < -0.39 is 0 Å². The lowest BCUT2D eigenvalue weighted by Crippen LogP contribution is -2.44.